The lowest BCUT2D eigenvalue weighted by molar-refractivity contribution is -0.122. The van der Waals surface area contributed by atoms with Gasteiger partial charge in [0.1, 0.15) is 5.82 Å². The van der Waals surface area contributed by atoms with Crippen molar-refractivity contribution >= 4 is 11.6 Å². The van der Waals surface area contributed by atoms with Gasteiger partial charge in [-0.3, -0.25) is 9.69 Å². The number of unbranched alkanes of at least 4 members (excludes halogenated alkanes) is 1. The van der Waals surface area contributed by atoms with Crippen LogP contribution >= 0.6 is 0 Å². The summed E-state index contributed by atoms with van der Waals surface area (Å²) in [6.07, 6.45) is 7.69. The average Bonchev–Trinajstić information content (AvgIpc) is 2.96. The van der Waals surface area contributed by atoms with Crippen LogP contribution in [-0.2, 0) is 11.2 Å². The molecule has 2 aromatic carbocycles. The van der Waals surface area contributed by atoms with Gasteiger partial charge in [0, 0.05) is 50.2 Å². The number of nitrogen functional groups attached to an aromatic ring is 1. The summed E-state index contributed by atoms with van der Waals surface area (Å²) in [5.41, 5.74) is 10.0. The molecule has 2 saturated heterocycles. The standard InChI is InChI=1S/C19H32FN3.C13H15NO.C2H6/c1-3-5-6-18(4-2)23-13-11-22(12-14-23)10-9-16-7-8-17(21)15-19(16)20;1-9-3-6-11(7-4-9)12-8-5-10(2)14-13(12)15;1-2/h7-8,15,18H,3-6,9-14,21H2,1-2H3;3-4,6-7,12H,2,5,8H2,1H3,(H,14,15);1-2H3. The molecule has 2 atom stereocenters. The molecule has 0 aromatic heterocycles. The molecule has 2 aliphatic rings. The summed E-state index contributed by atoms with van der Waals surface area (Å²) in [5, 5.41) is 2.81. The van der Waals surface area contributed by atoms with Crippen molar-refractivity contribution in [2.75, 3.05) is 38.5 Å². The van der Waals surface area contributed by atoms with Crippen LogP contribution in [0.5, 0.6) is 0 Å². The Kier molecular flexibility index (Phi) is 15.0. The van der Waals surface area contributed by atoms with Crippen LogP contribution in [0.15, 0.2) is 54.7 Å². The van der Waals surface area contributed by atoms with Gasteiger partial charge in [0.25, 0.3) is 0 Å². The van der Waals surface area contributed by atoms with Crippen molar-refractivity contribution in [1.82, 2.24) is 15.1 Å². The summed E-state index contributed by atoms with van der Waals surface area (Å²) < 4.78 is 13.8. The van der Waals surface area contributed by atoms with E-state index in [1.165, 1.54) is 37.3 Å². The van der Waals surface area contributed by atoms with Crippen molar-refractivity contribution in [3.63, 3.8) is 0 Å². The summed E-state index contributed by atoms with van der Waals surface area (Å²) in [6, 6.07) is 13.9. The maximum atomic E-state index is 13.8. The number of hydrogen-bond acceptors (Lipinski definition) is 4. The van der Waals surface area contributed by atoms with E-state index in [0.717, 1.165) is 74.9 Å². The Morgan fingerprint density at radius 1 is 1.07 bits per heavy atom. The Labute approximate surface area is 243 Å². The highest BCUT2D eigenvalue weighted by molar-refractivity contribution is 5.86. The molecule has 2 unspecified atom stereocenters. The molecule has 0 bridgehead atoms. The molecule has 2 heterocycles. The topological polar surface area (TPSA) is 61.6 Å². The minimum absolute atomic E-state index is 0.00361. The zero-order valence-electron chi connectivity index (χ0n) is 25.6. The molecule has 3 N–H and O–H groups in total. The largest absolute Gasteiger partial charge is 0.399 e. The van der Waals surface area contributed by atoms with E-state index in [0.29, 0.717) is 5.69 Å². The number of amides is 1. The molecule has 40 heavy (non-hydrogen) atoms. The van der Waals surface area contributed by atoms with Crippen LogP contribution in [-0.4, -0.2) is 54.5 Å². The van der Waals surface area contributed by atoms with Crippen molar-refractivity contribution in [3.8, 4) is 0 Å². The van der Waals surface area contributed by atoms with Gasteiger partial charge in [-0.05, 0) is 62.3 Å². The normalized spacial score (nSPS) is 18.6. The number of nitrogens with one attached hydrogen (secondary N) is 1. The fourth-order valence-electron chi connectivity index (χ4n) is 5.37. The highest BCUT2D eigenvalue weighted by Crippen LogP contribution is 2.27. The Bertz CT molecular complexity index is 1030. The molecule has 0 aliphatic carbocycles. The number of piperazine rings is 1. The maximum absolute atomic E-state index is 13.8. The fraction of sp³-hybridized carbons (Fsp3) is 0.559. The van der Waals surface area contributed by atoms with E-state index < -0.39 is 0 Å². The van der Waals surface area contributed by atoms with Gasteiger partial charge in [-0.2, -0.15) is 0 Å². The molecular weight excluding hydrogens is 499 g/mol. The SMILES string of the molecule is C=C1CCC(c2ccc(C)cc2)C(=O)N1.CC.CCCCC(CC)N1CCN(CCc2ccc(N)cc2F)CC1. The second-order valence-electron chi connectivity index (χ2n) is 10.8. The predicted molar refractivity (Wildman–Crippen MR) is 168 cm³/mol. The molecular formula is C34H53FN4O. The predicted octanol–water partition coefficient (Wildman–Crippen LogP) is 7.07. The Hall–Kier alpha value is -2.70. The molecule has 4 rings (SSSR count). The average molecular weight is 553 g/mol. The number of halogens is 1. The Balaban J connectivity index is 0.000000284. The number of piperidine rings is 1. The van der Waals surface area contributed by atoms with E-state index in [2.05, 4.69) is 35.5 Å². The summed E-state index contributed by atoms with van der Waals surface area (Å²) in [6.45, 7) is 19.8. The number of nitrogens with zero attached hydrogens (tertiary/aromatic N) is 2. The Morgan fingerprint density at radius 2 is 1.75 bits per heavy atom. The number of nitrogens with two attached hydrogens (primary N) is 1. The third kappa shape index (κ3) is 10.7. The van der Waals surface area contributed by atoms with E-state index in [9.17, 15) is 9.18 Å². The molecule has 0 radical (unpaired) electrons. The maximum Gasteiger partial charge on any atom is 0.231 e. The first-order chi connectivity index (χ1) is 19.3. The smallest absolute Gasteiger partial charge is 0.231 e. The number of anilines is 1. The number of carbonyl (C=O) groups is 1. The lowest BCUT2D eigenvalue weighted by Gasteiger charge is -2.39. The van der Waals surface area contributed by atoms with Crippen molar-refractivity contribution < 1.29 is 9.18 Å². The number of carbonyl (C=O) groups excluding carboxylic acids is 1. The van der Waals surface area contributed by atoms with Crippen molar-refractivity contribution in [2.45, 2.75) is 91.5 Å². The second-order valence-corrected chi connectivity index (χ2v) is 10.8. The number of hydrogen-bond donors (Lipinski definition) is 2. The minimum Gasteiger partial charge on any atom is -0.399 e. The van der Waals surface area contributed by atoms with Crippen LogP contribution in [0.2, 0.25) is 0 Å². The number of benzene rings is 2. The lowest BCUT2D eigenvalue weighted by Crippen LogP contribution is -2.50. The molecule has 1 amide bonds. The fourth-order valence-corrected chi connectivity index (χ4v) is 5.37. The van der Waals surface area contributed by atoms with Gasteiger partial charge in [0.05, 0.1) is 5.92 Å². The molecule has 222 valence electrons. The number of rotatable bonds is 9. The number of aryl methyl sites for hydroxylation is 1. The van der Waals surface area contributed by atoms with E-state index in [1.807, 2.05) is 51.1 Å². The molecule has 0 spiro atoms. The third-order valence-corrected chi connectivity index (χ3v) is 7.89. The zero-order chi connectivity index (χ0) is 29.5. The summed E-state index contributed by atoms with van der Waals surface area (Å²) in [5.74, 6) is -0.0968. The van der Waals surface area contributed by atoms with Gasteiger partial charge >= 0.3 is 0 Å². The molecule has 2 aromatic rings. The van der Waals surface area contributed by atoms with Crippen LogP contribution in [0, 0.1) is 12.7 Å². The first-order valence-electron chi connectivity index (χ1n) is 15.4. The molecule has 2 aliphatic heterocycles. The van der Waals surface area contributed by atoms with Gasteiger partial charge < -0.3 is 16.0 Å². The molecule has 2 fully saturated rings. The molecule has 0 saturated carbocycles. The van der Waals surface area contributed by atoms with Crippen LogP contribution in [0.4, 0.5) is 10.1 Å². The van der Waals surface area contributed by atoms with Crippen LogP contribution < -0.4 is 11.1 Å². The van der Waals surface area contributed by atoms with Crippen molar-refractivity contribution in [2.24, 2.45) is 0 Å². The number of allylic oxidation sites excluding steroid dienone is 1. The molecule has 5 nitrogen and oxygen atoms in total. The van der Waals surface area contributed by atoms with E-state index >= 15 is 0 Å². The second kappa shape index (κ2) is 17.9. The van der Waals surface area contributed by atoms with E-state index in [1.54, 1.807) is 6.07 Å². The summed E-state index contributed by atoms with van der Waals surface area (Å²) in [4.78, 5) is 16.8. The monoisotopic (exact) mass is 552 g/mol. The van der Waals surface area contributed by atoms with Crippen LogP contribution in [0.3, 0.4) is 0 Å². The van der Waals surface area contributed by atoms with Crippen LogP contribution in [0.25, 0.3) is 0 Å². The van der Waals surface area contributed by atoms with Crippen molar-refractivity contribution in [1.29, 1.82) is 0 Å². The zero-order valence-corrected chi connectivity index (χ0v) is 25.6. The molecule has 6 heteroatoms. The van der Waals surface area contributed by atoms with Gasteiger partial charge in [-0.1, -0.05) is 83.0 Å². The van der Waals surface area contributed by atoms with Gasteiger partial charge in [-0.25, -0.2) is 4.39 Å². The van der Waals surface area contributed by atoms with Crippen molar-refractivity contribution in [3.05, 3.63) is 77.2 Å². The minimum atomic E-state index is -0.172. The highest BCUT2D eigenvalue weighted by Gasteiger charge is 2.25. The highest BCUT2D eigenvalue weighted by atomic mass is 19.1. The lowest BCUT2D eigenvalue weighted by atomic mass is 9.89. The third-order valence-electron chi connectivity index (χ3n) is 7.89. The van der Waals surface area contributed by atoms with Gasteiger partial charge in [0.2, 0.25) is 5.91 Å². The van der Waals surface area contributed by atoms with Crippen LogP contribution in [0.1, 0.15) is 88.8 Å². The van der Waals surface area contributed by atoms with Gasteiger partial charge in [-0.15, -0.1) is 0 Å². The first-order valence-corrected chi connectivity index (χ1v) is 15.4. The quantitative estimate of drug-likeness (QED) is 0.327. The van der Waals surface area contributed by atoms with E-state index in [-0.39, 0.29) is 17.6 Å². The summed E-state index contributed by atoms with van der Waals surface area (Å²) in [7, 11) is 0. The van der Waals surface area contributed by atoms with Gasteiger partial charge in [0.15, 0.2) is 0 Å². The first kappa shape index (κ1) is 33.5. The summed E-state index contributed by atoms with van der Waals surface area (Å²) >= 11 is 0. The Morgan fingerprint density at radius 3 is 2.33 bits per heavy atom. The van der Waals surface area contributed by atoms with E-state index in [4.69, 9.17) is 5.73 Å².